The maximum Gasteiger partial charge on any atom is 0.312 e. The van der Waals surface area contributed by atoms with Crippen molar-refractivity contribution in [3.05, 3.63) is 71.3 Å². The molecule has 0 fully saturated rings. The fourth-order valence-corrected chi connectivity index (χ4v) is 2.49. The summed E-state index contributed by atoms with van der Waals surface area (Å²) >= 11 is 0. The number of nitrogens with one attached hydrogen (secondary N) is 1. The molecule has 25 heavy (non-hydrogen) atoms. The lowest BCUT2D eigenvalue weighted by atomic mass is 9.99. The van der Waals surface area contributed by atoms with Crippen LogP contribution in [0.25, 0.3) is 0 Å². The molecule has 2 rings (SSSR count). The van der Waals surface area contributed by atoms with E-state index in [0.717, 1.165) is 12.1 Å². The third-order valence-electron chi connectivity index (χ3n) is 3.86. The molecule has 2 aromatic rings. The minimum atomic E-state index is -1.01. The Morgan fingerprint density at radius 3 is 2.40 bits per heavy atom. The van der Waals surface area contributed by atoms with Crippen molar-refractivity contribution < 1.29 is 23.5 Å². The van der Waals surface area contributed by atoms with Crippen molar-refractivity contribution in [2.75, 3.05) is 6.54 Å². The molecule has 0 spiro atoms. The van der Waals surface area contributed by atoms with Crippen LogP contribution < -0.4 is 5.32 Å². The Bertz CT molecular complexity index is 735. The Labute approximate surface area is 144 Å². The molecule has 1 unspecified atom stereocenters. The molecule has 1 atom stereocenters. The van der Waals surface area contributed by atoms with Gasteiger partial charge in [0.1, 0.15) is 0 Å². The molecule has 0 radical (unpaired) electrons. The first-order valence-electron chi connectivity index (χ1n) is 7.95. The van der Waals surface area contributed by atoms with E-state index in [1.807, 2.05) is 0 Å². The predicted molar refractivity (Wildman–Crippen MR) is 89.1 cm³/mol. The average Bonchev–Trinajstić information content (AvgIpc) is 2.59. The molecule has 4 nitrogen and oxygen atoms in total. The summed E-state index contributed by atoms with van der Waals surface area (Å²) in [4.78, 5) is 23.2. The van der Waals surface area contributed by atoms with Gasteiger partial charge >= 0.3 is 5.97 Å². The lowest BCUT2D eigenvalue weighted by Gasteiger charge is -2.13. The largest absolute Gasteiger partial charge is 0.481 e. The van der Waals surface area contributed by atoms with Crippen LogP contribution in [0.2, 0.25) is 0 Å². The van der Waals surface area contributed by atoms with Gasteiger partial charge in [0.15, 0.2) is 11.6 Å². The van der Waals surface area contributed by atoms with Crippen LogP contribution in [0.5, 0.6) is 0 Å². The Hall–Kier alpha value is -2.76. The molecule has 0 aromatic heterocycles. The van der Waals surface area contributed by atoms with Crippen LogP contribution in [0.15, 0.2) is 48.5 Å². The van der Waals surface area contributed by atoms with E-state index in [1.165, 1.54) is 6.07 Å². The number of aliphatic carboxylic acids is 1. The number of hydrogen-bond donors (Lipinski definition) is 2. The Kier molecular flexibility index (Phi) is 6.62. The normalized spacial score (nSPS) is 11.8. The number of carboxylic acid groups (broad SMARTS) is 1. The molecule has 0 saturated carbocycles. The molecule has 132 valence electrons. The molecular formula is C19H19F2NO3. The molecule has 6 heteroatoms. The first kappa shape index (κ1) is 18.6. The fraction of sp³-hybridized carbons (Fsp3) is 0.263. The molecule has 0 aliphatic carbocycles. The van der Waals surface area contributed by atoms with E-state index in [-0.39, 0.29) is 18.9 Å². The van der Waals surface area contributed by atoms with Gasteiger partial charge in [0.25, 0.3) is 0 Å². The fourth-order valence-electron chi connectivity index (χ4n) is 2.49. The lowest BCUT2D eigenvalue weighted by Crippen LogP contribution is -2.31. The second-order valence-corrected chi connectivity index (χ2v) is 5.71. The molecule has 2 N–H and O–H groups in total. The summed E-state index contributed by atoms with van der Waals surface area (Å²) in [7, 11) is 0. The number of hydrogen-bond acceptors (Lipinski definition) is 2. The van der Waals surface area contributed by atoms with Crippen molar-refractivity contribution in [2.24, 2.45) is 0 Å². The third kappa shape index (κ3) is 5.67. The molecule has 0 aliphatic heterocycles. The molecule has 0 bridgehead atoms. The van der Waals surface area contributed by atoms with Crippen LogP contribution >= 0.6 is 0 Å². The van der Waals surface area contributed by atoms with Gasteiger partial charge in [0.05, 0.1) is 5.92 Å². The first-order chi connectivity index (χ1) is 12.0. The van der Waals surface area contributed by atoms with Gasteiger partial charge in [-0.3, -0.25) is 9.59 Å². The summed E-state index contributed by atoms with van der Waals surface area (Å²) in [6.45, 7) is 0.00333. The number of carboxylic acids is 1. The topological polar surface area (TPSA) is 66.4 Å². The zero-order valence-electron chi connectivity index (χ0n) is 13.5. The van der Waals surface area contributed by atoms with Crippen LogP contribution in [-0.2, 0) is 16.0 Å². The molecule has 2 aromatic carbocycles. The summed E-state index contributed by atoms with van der Waals surface area (Å²) in [6, 6.07) is 12.3. The summed E-state index contributed by atoms with van der Waals surface area (Å²) < 4.78 is 25.9. The van der Waals surface area contributed by atoms with Gasteiger partial charge in [-0.15, -0.1) is 0 Å². The van der Waals surface area contributed by atoms with Gasteiger partial charge < -0.3 is 10.4 Å². The maximum atomic E-state index is 13.1. The van der Waals surface area contributed by atoms with Gasteiger partial charge in [-0.25, -0.2) is 8.78 Å². The second-order valence-electron chi connectivity index (χ2n) is 5.71. The van der Waals surface area contributed by atoms with Gasteiger partial charge in [-0.2, -0.15) is 0 Å². The molecule has 0 heterocycles. The minimum absolute atomic E-state index is 0.00333. The number of carbonyl (C=O) groups excluding carboxylic acids is 1. The predicted octanol–water partition coefficient (Wildman–Crippen LogP) is 3.27. The zero-order chi connectivity index (χ0) is 18.2. The smallest absolute Gasteiger partial charge is 0.312 e. The van der Waals surface area contributed by atoms with Crippen molar-refractivity contribution in [3.63, 3.8) is 0 Å². The Morgan fingerprint density at radius 1 is 1.04 bits per heavy atom. The zero-order valence-corrected chi connectivity index (χ0v) is 13.5. The first-order valence-corrected chi connectivity index (χ1v) is 7.95. The van der Waals surface area contributed by atoms with Crippen molar-refractivity contribution >= 4 is 11.9 Å². The van der Waals surface area contributed by atoms with E-state index in [1.54, 1.807) is 30.3 Å². The van der Waals surface area contributed by atoms with Crippen LogP contribution in [0, 0.1) is 11.6 Å². The van der Waals surface area contributed by atoms with Crippen molar-refractivity contribution in [3.8, 4) is 0 Å². The second kappa shape index (κ2) is 8.92. The number of aryl methyl sites for hydroxylation is 1. The van der Waals surface area contributed by atoms with Crippen molar-refractivity contribution in [2.45, 2.75) is 25.2 Å². The summed E-state index contributed by atoms with van der Waals surface area (Å²) in [5.74, 6) is -3.90. The monoisotopic (exact) mass is 347 g/mol. The van der Waals surface area contributed by atoms with Gasteiger partial charge in [-0.05, 0) is 36.1 Å². The number of halogens is 2. The average molecular weight is 347 g/mol. The Morgan fingerprint density at radius 2 is 1.76 bits per heavy atom. The molecule has 1 amide bonds. The minimum Gasteiger partial charge on any atom is -0.481 e. The highest BCUT2D eigenvalue weighted by atomic mass is 19.2. The third-order valence-corrected chi connectivity index (χ3v) is 3.86. The highest BCUT2D eigenvalue weighted by Crippen LogP contribution is 2.15. The standard InChI is InChI=1S/C19H19F2NO3/c20-16-10-9-13(11-17(16)21)5-4-8-18(23)22-12-15(19(24)25)14-6-2-1-3-7-14/h1-3,6-7,9-11,15H,4-5,8,12H2,(H,22,23)(H,24,25). The van der Waals surface area contributed by atoms with E-state index in [4.69, 9.17) is 0 Å². The Balaban J connectivity index is 1.79. The lowest BCUT2D eigenvalue weighted by molar-refractivity contribution is -0.138. The van der Waals surface area contributed by atoms with Gasteiger partial charge in [0, 0.05) is 13.0 Å². The summed E-state index contributed by atoms with van der Waals surface area (Å²) in [5.41, 5.74) is 1.23. The van der Waals surface area contributed by atoms with Gasteiger partial charge in [0.2, 0.25) is 5.91 Å². The summed E-state index contributed by atoms with van der Waals surface area (Å²) in [5, 5.41) is 11.9. The van der Waals surface area contributed by atoms with Crippen molar-refractivity contribution in [1.29, 1.82) is 0 Å². The van der Waals surface area contributed by atoms with Crippen LogP contribution in [0.1, 0.15) is 29.9 Å². The molecule has 0 aliphatic rings. The number of rotatable bonds is 8. The van der Waals surface area contributed by atoms with Crippen LogP contribution in [-0.4, -0.2) is 23.5 Å². The van der Waals surface area contributed by atoms with E-state index < -0.39 is 23.5 Å². The van der Waals surface area contributed by atoms with Crippen LogP contribution in [0.4, 0.5) is 8.78 Å². The highest BCUT2D eigenvalue weighted by molar-refractivity contribution is 5.79. The van der Waals surface area contributed by atoms with E-state index in [9.17, 15) is 23.5 Å². The number of benzene rings is 2. The molecule has 0 saturated heterocycles. The quantitative estimate of drug-likeness (QED) is 0.770. The van der Waals surface area contributed by atoms with E-state index in [2.05, 4.69) is 5.32 Å². The van der Waals surface area contributed by atoms with E-state index in [0.29, 0.717) is 24.0 Å². The SMILES string of the molecule is O=C(CCCc1ccc(F)c(F)c1)NCC(C(=O)O)c1ccccc1. The highest BCUT2D eigenvalue weighted by Gasteiger charge is 2.20. The van der Waals surface area contributed by atoms with E-state index >= 15 is 0 Å². The van der Waals surface area contributed by atoms with Crippen LogP contribution in [0.3, 0.4) is 0 Å². The molecular weight excluding hydrogens is 328 g/mol. The number of amides is 1. The van der Waals surface area contributed by atoms with Crippen molar-refractivity contribution in [1.82, 2.24) is 5.32 Å². The maximum absolute atomic E-state index is 13.1. The summed E-state index contributed by atoms with van der Waals surface area (Å²) in [6.07, 6.45) is 1.08. The van der Waals surface area contributed by atoms with Gasteiger partial charge in [-0.1, -0.05) is 36.4 Å². The number of carbonyl (C=O) groups is 2.